The Morgan fingerprint density at radius 2 is 1.80 bits per heavy atom. The molecule has 0 aliphatic carbocycles. The molecule has 1 fully saturated rings. The summed E-state index contributed by atoms with van der Waals surface area (Å²) in [6.45, 7) is 14.0. The number of pyridine rings is 1. The van der Waals surface area contributed by atoms with Crippen molar-refractivity contribution in [2.24, 2.45) is 0 Å². The van der Waals surface area contributed by atoms with Crippen LogP contribution in [0.3, 0.4) is 0 Å². The number of anilines is 2. The molecular formula is C29H40N8O2Si. The molecule has 0 amide bonds. The quantitative estimate of drug-likeness (QED) is 0.159. The molecule has 0 bridgehead atoms. The molecule has 1 aromatic carbocycles. The van der Waals surface area contributed by atoms with Gasteiger partial charge in [0.2, 0.25) is 5.95 Å². The molecule has 4 aromatic rings. The number of benzene rings is 1. The summed E-state index contributed by atoms with van der Waals surface area (Å²) in [5.74, 6) is 1.35. The van der Waals surface area contributed by atoms with Crippen LogP contribution in [0.1, 0.15) is 11.3 Å². The normalized spacial score (nSPS) is 14.5. The first-order chi connectivity index (χ1) is 19.4. The summed E-state index contributed by atoms with van der Waals surface area (Å²) in [6.07, 6.45) is 0. The molecule has 10 nitrogen and oxygen atoms in total. The van der Waals surface area contributed by atoms with Gasteiger partial charge < -0.3 is 20.1 Å². The molecule has 0 spiro atoms. The highest BCUT2D eigenvalue weighted by molar-refractivity contribution is 6.76. The van der Waals surface area contributed by atoms with Crippen LogP contribution in [0, 0.1) is 0 Å². The van der Waals surface area contributed by atoms with Gasteiger partial charge in [-0.05, 0) is 23.7 Å². The van der Waals surface area contributed by atoms with E-state index in [1.54, 1.807) is 0 Å². The molecule has 40 heavy (non-hydrogen) atoms. The topological polar surface area (TPSA) is 113 Å². The number of aromatic nitrogens is 5. The van der Waals surface area contributed by atoms with Crippen molar-refractivity contribution in [1.29, 1.82) is 0 Å². The van der Waals surface area contributed by atoms with Crippen LogP contribution in [0.5, 0.6) is 0 Å². The smallest absolute Gasteiger partial charge is 0.225 e. The summed E-state index contributed by atoms with van der Waals surface area (Å²) in [4.78, 5) is 16.9. The Morgan fingerprint density at radius 1 is 0.975 bits per heavy atom. The fourth-order valence-corrected chi connectivity index (χ4v) is 5.28. The molecule has 0 saturated carbocycles. The average Bonchev–Trinajstić information content (AvgIpc) is 3.39. The van der Waals surface area contributed by atoms with Gasteiger partial charge in [-0.1, -0.05) is 56.0 Å². The zero-order valence-corrected chi connectivity index (χ0v) is 24.7. The molecule has 3 aromatic heterocycles. The SMILES string of the molecule is C[Si](C)(C)CCOCc1nc(NCCN2CCOCC2)nc2n[nH]c(-c3cccc(NCc4ccccc4)n3)c12. The van der Waals surface area contributed by atoms with Crippen molar-refractivity contribution in [3.63, 3.8) is 0 Å². The minimum Gasteiger partial charge on any atom is -0.379 e. The summed E-state index contributed by atoms with van der Waals surface area (Å²) in [5.41, 5.74) is 4.18. The van der Waals surface area contributed by atoms with Gasteiger partial charge in [0.1, 0.15) is 5.82 Å². The summed E-state index contributed by atoms with van der Waals surface area (Å²) in [7, 11) is -1.20. The number of fused-ring (bicyclic) bond motifs is 1. The zero-order valence-electron chi connectivity index (χ0n) is 23.7. The monoisotopic (exact) mass is 560 g/mol. The van der Waals surface area contributed by atoms with E-state index in [-0.39, 0.29) is 0 Å². The van der Waals surface area contributed by atoms with Crippen molar-refractivity contribution in [3.05, 3.63) is 59.8 Å². The molecule has 1 aliphatic heterocycles. The lowest BCUT2D eigenvalue weighted by atomic mass is 10.1. The third-order valence-corrected chi connectivity index (χ3v) is 8.56. The van der Waals surface area contributed by atoms with Gasteiger partial charge in [0.05, 0.1) is 42.3 Å². The van der Waals surface area contributed by atoms with Crippen molar-refractivity contribution >= 4 is 30.9 Å². The Morgan fingerprint density at radius 3 is 2.60 bits per heavy atom. The fraction of sp³-hybridized carbons (Fsp3) is 0.448. The van der Waals surface area contributed by atoms with Crippen LogP contribution in [0.2, 0.25) is 25.7 Å². The van der Waals surface area contributed by atoms with E-state index in [0.29, 0.717) is 31.4 Å². The van der Waals surface area contributed by atoms with Gasteiger partial charge in [-0.15, -0.1) is 0 Å². The maximum Gasteiger partial charge on any atom is 0.225 e. The Kier molecular flexibility index (Phi) is 9.37. The molecule has 1 aliphatic rings. The van der Waals surface area contributed by atoms with E-state index in [2.05, 4.69) is 57.5 Å². The molecule has 3 N–H and O–H groups in total. The molecule has 5 rings (SSSR count). The highest BCUT2D eigenvalue weighted by Crippen LogP contribution is 2.29. The Balaban J connectivity index is 1.36. The van der Waals surface area contributed by atoms with E-state index in [4.69, 9.17) is 24.4 Å². The number of H-pyrrole nitrogens is 1. The second kappa shape index (κ2) is 13.3. The van der Waals surface area contributed by atoms with E-state index < -0.39 is 8.07 Å². The largest absolute Gasteiger partial charge is 0.379 e. The molecule has 4 heterocycles. The summed E-state index contributed by atoms with van der Waals surface area (Å²) < 4.78 is 11.6. The summed E-state index contributed by atoms with van der Waals surface area (Å²) in [6, 6.07) is 17.3. The zero-order chi connectivity index (χ0) is 27.8. The minimum atomic E-state index is -1.20. The number of aromatic amines is 1. The highest BCUT2D eigenvalue weighted by atomic mass is 28.3. The van der Waals surface area contributed by atoms with Gasteiger partial charge >= 0.3 is 0 Å². The van der Waals surface area contributed by atoms with E-state index >= 15 is 0 Å². The van der Waals surface area contributed by atoms with E-state index in [1.165, 1.54) is 5.56 Å². The van der Waals surface area contributed by atoms with Gasteiger partial charge in [-0.2, -0.15) is 10.1 Å². The lowest BCUT2D eigenvalue weighted by Crippen LogP contribution is -2.39. The van der Waals surface area contributed by atoms with Crippen molar-refractivity contribution in [2.45, 2.75) is 38.8 Å². The van der Waals surface area contributed by atoms with E-state index in [0.717, 1.165) is 73.7 Å². The number of rotatable bonds is 13. The van der Waals surface area contributed by atoms with Crippen LogP contribution in [0.4, 0.5) is 11.8 Å². The van der Waals surface area contributed by atoms with Crippen molar-refractivity contribution in [2.75, 3.05) is 56.6 Å². The van der Waals surface area contributed by atoms with Gasteiger partial charge in [0, 0.05) is 47.4 Å². The maximum atomic E-state index is 6.15. The van der Waals surface area contributed by atoms with Crippen LogP contribution in [0.15, 0.2) is 48.5 Å². The van der Waals surface area contributed by atoms with Crippen LogP contribution in [-0.4, -0.2) is 84.1 Å². The molecule has 0 unspecified atom stereocenters. The van der Waals surface area contributed by atoms with Crippen LogP contribution in [0.25, 0.3) is 22.4 Å². The maximum absolute atomic E-state index is 6.15. The van der Waals surface area contributed by atoms with Crippen LogP contribution in [-0.2, 0) is 22.6 Å². The van der Waals surface area contributed by atoms with Crippen LogP contribution >= 0.6 is 0 Å². The first kappa shape index (κ1) is 28.2. The standard InChI is InChI=1S/C29H40N8O2Si/c1-40(2,3)19-18-39-21-24-26-27(23-10-7-11-25(32-23)31-20-22-8-5-4-6-9-22)35-36-28(26)34-29(33-24)30-12-13-37-14-16-38-17-15-37/h4-11H,12-21H2,1-3H3,(H,31,32)(H2,30,33,34,35,36). The van der Waals surface area contributed by atoms with Gasteiger partial charge in [0.25, 0.3) is 0 Å². The Bertz CT molecular complexity index is 1370. The van der Waals surface area contributed by atoms with Crippen molar-refractivity contribution in [3.8, 4) is 11.4 Å². The van der Waals surface area contributed by atoms with Gasteiger partial charge in [-0.25, -0.2) is 9.97 Å². The minimum absolute atomic E-state index is 0.389. The predicted octanol–water partition coefficient (Wildman–Crippen LogP) is 4.63. The Labute approximate surface area is 236 Å². The molecular weight excluding hydrogens is 520 g/mol. The number of hydrogen-bond acceptors (Lipinski definition) is 9. The summed E-state index contributed by atoms with van der Waals surface area (Å²) in [5, 5.41) is 15.4. The van der Waals surface area contributed by atoms with E-state index in [1.807, 2.05) is 36.4 Å². The van der Waals surface area contributed by atoms with Crippen molar-refractivity contribution in [1.82, 2.24) is 30.0 Å². The first-order valence-electron chi connectivity index (χ1n) is 14.1. The highest BCUT2D eigenvalue weighted by Gasteiger charge is 2.19. The Hall–Kier alpha value is -3.38. The second-order valence-electron chi connectivity index (χ2n) is 11.3. The number of ether oxygens (including phenoxy) is 2. The second-order valence-corrected chi connectivity index (χ2v) is 16.9. The third kappa shape index (κ3) is 7.84. The number of nitrogens with zero attached hydrogens (tertiary/aromatic N) is 5. The molecule has 11 heteroatoms. The van der Waals surface area contributed by atoms with Crippen molar-refractivity contribution < 1.29 is 9.47 Å². The fourth-order valence-electron chi connectivity index (χ4n) is 4.52. The first-order valence-corrected chi connectivity index (χ1v) is 17.8. The number of morpholine rings is 1. The van der Waals surface area contributed by atoms with E-state index in [9.17, 15) is 0 Å². The average molecular weight is 561 g/mol. The molecule has 0 radical (unpaired) electrons. The third-order valence-electron chi connectivity index (χ3n) is 6.86. The molecule has 212 valence electrons. The van der Waals surface area contributed by atoms with Gasteiger partial charge in [-0.3, -0.25) is 10.00 Å². The number of hydrogen-bond donors (Lipinski definition) is 3. The lowest BCUT2D eigenvalue weighted by molar-refractivity contribution is 0.0398. The predicted molar refractivity (Wildman–Crippen MR) is 162 cm³/mol. The van der Waals surface area contributed by atoms with Gasteiger partial charge in [0.15, 0.2) is 5.65 Å². The summed E-state index contributed by atoms with van der Waals surface area (Å²) >= 11 is 0. The molecule has 0 atom stereocenters. The number of nitrogens with one attached hydrogen (secondary N) is 3. The lowest BCUT2D eigenvalue weighted by Gasteiger charge is -2.26. The van der Waals surface area contributed by atoms with Crippen LogP contribution < -0.4 is 10.6 Å². The molecule has 1 saturated heterocycles.